The zero-order valence-corrected chi connectivity index (χ0v) is 21.6. The fraction of sp³-hybridized carbons (Fsp3) is 0.0833. The lowest BCUT2D eigenvalue weighted by atomic mass is 10.1. The minimum absolute atomic E-state index is 0.0412. The molecule has 200 valence electrons. The standard InChI is InChI=1S/C24H13BrF3N3O7S/c25-16-9-13(5-7-19(16)38-20-8-6-15(24(26,27)28)11-18(20)31(36)37)10-21-22(32)29(23(33)39-21)12-14-3-1-2-4-17(14)30(34)35/h1-11H,12H2/b21-10+. The molecule has 1 aliphatic heterocycles. The lowest BCUT2D eigenvalue weighted by Crippen LogP contribution is -2.27. The molecule has 4 rings (SSSR count). The predicted molar refractivity (Wildman–Crippen MR) is 137 cm³/mol. The quantitative estimate of drug-likeness (QED) is 0.152. The third kappa shape index (κ3) is 6.09. The van der Waals surface area contributed by atoms with Gasteiger partial charge in [0.1, 0.15) is 5.75 Å². The van der Waals surface area contributed by atoms with Crippen LogP contribution in [0, 0.1) is 20.2 Å². The summed E-state index contributed by atoms with van der Waals surface area (Å²) in [4.78, 5) is 47.2. The first kappa shape index (κ1) is 27.8. The number of nitro benzene ring substituents is 2. The minimum Gasteiger partial charge on any atom is -0.449 e. The van der Waals surface area contributed by atoms with Gasteiger partial charge in [-0.15, -0.1) is 0 Å². The van der Waals surface area contributed by atoms with E-state index in [1.54, 1.807) is 6.07 Å². The number of benzene rings is 3. The highest BCUT2D eigenvalue weighted by atomic mass is 79.9. The van der Waals surface area contributed by atoms with E-state index in [2.05, 4.69) is 15.9 Å². The van der Waals surface area contributed by atoms with Gasteiger partial charge >= 0.3 is 11.9 Å². The van der Waals surface area contributed by atoms with E-state index in [9.17, 15) is 43.0 Å². The van der Waals surface area contributed by atoms with E-state index in [0.717, 1.165) is 11.0 Å². The van der Waals surface area contributed by atoms with Crippen molar-refractivity contribution in [3.8, 4) is 11.5 Å². The molecule has 0 N–H and O–H groups in total. The van der Waals surface area contributed by atoms with Crippen molar-refractivity contribution in [2.24, 2.45) is 0 Å². The summed E-state index contributed by atoms with van der Waals surface area (Å²) < 4.78 is 44.6. The number of hydrogen-bond acceptors (Lipinski definition) is 8. The summed E-state index contributed by atoms with van der Waals surface area (Å²) in [6.07, 6.45) is -3.37. The van der Waals surface area contributed by atoms with Gasteiger partial charge in [-0.3, -0.25) is 34.7 Å². The third-order valence-electron chi connectivity index (χ3n) is 5.35. The van der Waals surface area contributed by atoms with Crippen molar-refractivity contribution in [1.82, 2.24) is 4.90 Å². The number of rotatable bonds is 7. The normalized spacial score (nSPS) is 14.7. The van der Waals surface area contributed by atoms with Crippen LogP contribution in [0.15, 0.2) is 70.0 Å². The van der Waals surface area contributed by atoms with Crippen molar-refractivity contribution in [3.05, 3.63) is 107 Å². The van der Waals surface area contributed by atoms with Crippen LogP contribution >= 0.6 is 27.7 Å². The number of carbonyl (C=O) groups excluding carboxylic acids is 2. The molecule has 0 aliphatic carbocycles. The van der Waals surface area contributed by atoms with Gasteiger partial charge in [-0.05, 0) is 63.6 Å². The highest BCUT2D eigenvalue weighted by Crippen LogP contribution is 2.40. The van der Waals surface area contributed by atoms with Gasteiger partial charge in [-0.25, -0.2) is 0 Å². The molecule has 1 heterocycles. The molecule has 3 aromatic carbocycles. The Hall–Kier alpha value is -4.24. The Balaban J connectivity index is 1.55. The summed E-state index contributed by atoms with van der Waals surface area (Å²) in [5, 5.41) is 22.0. The van der Waals surface area contributed by atoms with Gasteiger partial charge in [0.05, 0.1) is 31.3 Å². The molecule has 39 heavy (non-hydrogen) atoms. The molecule has 1 saturated heterocycles. The number of alkyl halides is 3. The van der Waals surface area contributed by atoms with E-state index >= 15 is 0 Å². The molecule has 0 radical (unpaired) electrons. The molecule has 10 nitrogen and oxygen atoms in total. The number of hydrogen-bond donors (Lipinski definition) is 0. The average Bonchev–Trinajstić information content (AvgIpc) is 3.12. The number of nitrogens with zero attached hydrogens (tertiary/aromatic N) is 3. The van der Waals surface area contributed by atoms with Crippen molar-refractivity contribution < 1.29 is 37.3 Å². The van der Waals surface area contributed by atoms with E-state index in [4.69, 9.17) is 4.74 Å². The Bertz CT molecular complexity index is 1560. The number of thioether (sulfide) groups is 1. The Morgan fingerprint density at radius 3 is 2.26 bits per heavy atom. The Morgan fingerprint density at radius 1 is 0.949 bits per heavy atom. The average molecular weight is 624 g/mol. The molecular weight excluding hydrogens is 611 g/mol. The first-order chi connectivity index (χ1) is 18.3. The maximum Gasteiger partial charge on any atom is 0.416 e. The molecule has 0 saturated carbocycles. The van der Waals surface area contributed by atoms with Crippen LogP contribution in [0.2, 0.25) is 0 Å². The molecule has 0 bridgehead atoms. The van der Waals surface area contributed by atoms with Gasteiger partial charge in [0.25, 0.3) is 16.8 Å². The summed E-state index contributed by atoms with van der Waals surface area (Å²) in [6.45, 7) is -0.290. The number of para-hydroxylation sites is 1. The second-order valence-corrected chi connectivity index (χ2v) is 9.73. The van der Waals surface area contributed by atoms with Gasteiger partial charge < -0.3 is 4.74 Å². The summed E-state index contributed by atoms with van der Waals surface area (Å²) in [7, 11) is 0. The number of carbonyl (C=O) groups is 2. The molecule has 2 amide bonds. The van der Waals surface area contributed by atoms with Crippen LogP contribution in [0.1, 0.15) is 16.7 Å². The topological polar surface area (TPSA) is 133 Å². The lowest BCUT2D eigenvalue weighted by Gasteiger charge is -2.12. The van der Waals surface area contributed by atoms with Gasteiger partial charge in [0.15, 0.2) is 0 Å². The summed E-state index contributed by atoms with van der Waals surface area (Å²) in [5.41, 5.74) is -1.70. The van der Waals surface area contributed by atoms with Crippen LogP contribution in [0.5, 0.6) is 11.5 Å². The molecular formula is C24H13BrF3N3O7S. The van der Waals surface area contributed by atoms with Crippen LogP contribution in [0.4, 0.5) is 29.3 Å². The van der Waals surface area contributed by atoms with Crippen molar-refractivity contribution in [2.75, 3.05) is 0 Å². The highest BCUT2D eigenvalue weighted by Gasteiger charge is 2.36. The molecule has 0 unspecified atom stereocenters. The number of amides is 2. The van der Waals surface area contributed by atoms with E-state index in [0.29, 0.717) is 29.5 Å². The highest BCUT2D eigenvalue weighted by molar-refractivity contribution is 9.10. The SMILES string of the molecule is O=C1S/C(=C/c2ccc(Oc3ccc(C(F)(F)F)cc3[N+](=O)[O-])c(Br)c2)C(=O)N1Cc1ccccc1[N+](=O)[O-]. The molecule has 15 heteroatoms. The fourth-order valence-electron chi connectivity index (χ4n) is 3.51. The van der Waals surface area contributed by atoms with Crippen LogP contribution in [0.3, 0.4) is 0 Å². The van der Waals surface area contributed by atoms with Crippen LogP contribution in [0.25, 0.3) is 6.08 Å². The molecule has 1 fully saturated rings. The largest absolute Gasteiger partial charge is 0.449 e. The summed E-state index contributed by atoms with van der Waals surface area (Å²) in [5.74, 6) is -1.03. The molecule has 0 spiro atoms. The Labute approximate surface area is 229 Å². The van der Waals surface area contributed by atoms with Gasteiger partial charge in [-0.1, -0.05) is 24.3 Å². The lowest BCUT2D eigenvalue weighted by molar-refractivity contribution is -0.385. The van der Waals surface area contributed by atoms with Gasteiger partial charge in [0, 0.05) is 17.7 Å². The third-order valence-corrected chi connectivity index (χ3v) is 6.87. The van der Waals surface area contributed by atoms with E-state index < -0.39 is 44.2 Å². The number of halogens is 4. The second-order valence-electron chi connectivity index (χ2n) is 7.88. The first-order valence-corrected chi connectivity index (χ1v) is 12.3. The zero-order chi connectivity index (χ0) is 28.5. The maximum atomic E-state index is 12.9. The molecule has 1 aliphatic rings. The summed E-state index contributed by atoms with van der Waals surface area (Å²) >= 11 is 3.88. The Kier molecular flexibility index (Phi) is 7.74. The van der Waals surface area contributed by atoms with Crippen LogP contribution in [-0.4, -0.2) is 25.9 Å². The maximum absolute atomic E-state index is 12.9. The number of nitro groups is 2. The predicted octanol–water partition coefficient (Wildman–Crippen LogP) is 7.31. The van der Waals surface area contributed by atoms with Crippen molar-refractivity contribution in [1.29, 1.82) is 0 Å². The number of imide groups is 1. The van der Waals surface area contributed by atoms with E-state index in [1.807, 2.05) is 0 Å². The van der Waals surface area contributed by atoms with Crippen molar-refractivity contribution in [2.45, 2.75) is 12.7 Å². The van der Waals surface area contributed by atoms with E-state index in [1.165, 1.54) is 42.5 Å². The monoisotopic (exact) mass is 623 g/mol. The molecule has 3 aromatic rings. The summed E-state index contributed by atoms with van der Waals surface area (Å²) in [6, 6.07) is 11.9. The van der Waals surface area contributed by atoms with E-state index in [-0.39, 0.29) is 32.9 Å². The smallest absolute Gasteiger partial charge is 0.416 e. The zero-order valence-electron chi connectivity index (χ0n) is 19.2. The van der Waals surface area contributed by atoms with Gasteiger partial charge in [-0.2, -0.15) is 13.2 Å². The van der Waals surface area contributed by atoms with Crippen LogP contribution < -0.4 is 4.74 Å². The van der Waals surface area contributed by atoms with Crippen LogP contribution in [-0.2, 0) is 17.5 Å². The molecule has 0 aromatic heterocycles. The fourth-order valence-corrected chi connectivity index (χ4v) is 4.83. The number of ether oxygens (including phenoxy) is 1. The molecule has 0 atom stereocenters. The van der Waals surface area contributed by atoms with Crippen molar-refractivity contribution in [3.63, 3.8) is 0 Å². The first-order valence-electron chi connectivity index (χ1n) is 10.7. The minimum atomic E-state index is -4.78. The van der Waals surface area contributed by atoms with Gasteiger partial charge in [0.2, 0.25) is 5.75 Å². The van der Waals surface area contributed by atoms with Crippen molar-refractivity contribution >= 4 is 56.3 Å². The Morgan fingerprint density at radius 2 is 1.62 bits per heavy atom. The second kappa shape index (κ2) is 10.9.